The molecule has 1 aliphatic carbocycles. The molecule has 0 saturated heterocycles. The predicted octanol–water partition coefficient (Wildman–Crippen LogP) is 0.731. The van der Waals surface area contributed by atoms with E-state index in [-0.39, 0.29) is 18.2 Å². The number of carboxylic acid groups (broad SMARTS) is 1. The fourth-order valence-corrected chi connectivity index (χ4v) is 1.93. The van der Waals surface area contributed by atoms with Crippen molar-refractivity contribution in [1.29, 1.82) is 0 Å². The Hall–Kier alpha value is -1.10. The zero-order valence-corrected chi connectivity index (χ0v) is 10.5. The first-order chi connectivity index (χ1) is 7.83. The van der Waals surface area contributed by atoms with Gasteiger partial charge in [-0.25, -0.2) is 0 Å². The fraction of sp³-hybridized carbons (Fsp3) is 0.833. The highest BCUT2D eigenvalue weighted by atomic mass is 16.4. The lowest BCUT2D eigenvalue weighted by Gasteiger charge is -2.19. The monoisotopic (exact) mass is 242 g/mol. The summed E-state index contributed by atoms with van der Waals surface area (Å²) >= 11 is 0. The second kappa shape index (κ2) is 5.49. The van der Waals surface area contributed by atoms with Gasteiger partial charge in [0.15, 0.2) is 0 Å². The molecule has 0 spiro atoms. The first-order valence-electron chi connectivity index (χ1n) is 6.12. The van der Waals surface area contributed by atoms with Crippen molar-refractivity contribution < 1.29 is 14.7 Å². The largest absolute Gasteiger partial charge is 0.481 e. The highest BCUT2D eigenvalue weighted by Gasteiger charge is 2.45. The van der Waals surface area contributed by atoms with Crippen LogP contribution in [-0.4, -0.2) is 29.1 Å². The summed E-state index contributed by atoms with van der Waals surface area (Å²) in [5.41, 5.74) is 5.08. The van der Waals surface area contributed by atoms with E-state index in [1.807, 2.05) is 13.8 Å². The molecule has 5 nitrogen and oxygen atoms in total. The molecule has 1 aliphatic rings. The minimum absolute atomic E-state index is 0.0150. The van der Waals surface area contributed by atoms with E-state index >= 15 is 0 Å². The summed E-state index contributed by atoms with van der Waals surface area (Å²) in [4.78, 5) is 22.3. The molecule has 17 heavy (non-hydrogen) atoms. The summed E-state index contributed by atoms with van der Waals surface area (Å²) in [6.07, 6.45) is 2.35. The van der Waals surface area contributed by atoms with Crippen LogP contribution in [0.2, 0.25) is 0 Å². The molecule has 98 valence electrons. The molecule has 0 bridgehead atoms. The first kappa shape index (κ1) is 14.0. The number of carbonyl (C=O) groups is 2. The van der Waals surface area contributed by atoms with Gasteiger partial charge in [-0.3, -0.25) is 9.59 Å². The fourth-order valence-electron chi connectivity index (χ4n) is 1.93. The van der Waals surface area contributed by atoms with Crippen LogP contribution in [0.25, 0.3) is 0 Å². The van der Waals surface area contributed by atoms with Gasteiger partial charge in [0, 0.05) is 13.0 Å². The van der Waals surface area contributed by atoms with E-state index in [0.717, 1.165) is 19.3 Å². The maximum absolute atomic E-state index is 11.6. The van der Waals surface area contributed by atoms with Crippen molar-refractivity contribution in [2.24, 2.45) is 17.6 Å². The SMILES string of the molecule is CC(C)C[C@H](CNC(=O)C1(N)CC1)CC(=O)O. The summed E-state index contributed by atoms with van der Waals surface area (Å²) in [6, 6.07) is 0. The average molecular weight is 242 g/mol. The van der Waals surface area contributed by atoms with E-state index in [2.05, 4.69) is 5.32 Å². The Morgan fingerprint density at radius 2 is 2.00 bits per heavy atom. The number of hydrogen-bond acceptors (Lipinski definition) is 3. The third-order valence-electron chi connectivity index (χ3n) is 3.06. The van der Waals surface area contributed by atoms with Gasteiger partial charge in [-0.05, 0) is 31.1 Å². The number of nitrogens with one attached hydrogen (secondary N) is 1. The van der Waals surface area contributed by atoms with E-state index < -0.39 is 11.5 Å². The Balaban J connectivity index is 2.37. The predicted molar refractivity (Wildman–Crippen MR) is 64.4 cm³/mol. The number of carbonyl (C=O) groups excluding carboxylic acids is 1. The highest BCUT2D eigenvalue weighted by molar-refractivity contribution is 5.88. The lowest BCUT2D eigenvalue weighted by Crippen LogP contribution is -2.44. The van der Waals surface area contributed by atoms with Gasteiger partial charge < -0.3 is 16.2 Å². The molecule has 1 fully saturated rings. The van der Waals surface area contributed by atoms with Crippen LogP contribution < -0.4 is 11.1 Å². The highest BCUT2D eigenvalue weighted by Crippen LogP contribution is 2.32. The molecule has 0 aliphatic heterocycles. The van der Waals surface area contributed by atoms with Crippen molar-refractivity contribution >= 4 is 11.9 Å². The minimum Gasteiger partial charge on any atom is -0.481 e. The second-order valence-electron chi connectivity index (χ2n) is 5.46. The van der Waals surface area contributed by atoms with Crippen LogP contribution in [0.4, 0.5) is 0 Å². The molecule has 1 atom stereocenters. The number of amides is 1. The molecule has 0 radical (unpaired) electrons. The Morgan fingerprint density at radius 1 is 1.41 bits per heavy atom. The smallest absolute Gasteiger partial charge is 0.303 e. The normalized spacial score (nSPS) is 18.8. The molecular formula is C12H22N2O3. The zero-order valence-electron chi connectivity index (χ0n) is 10.5. The van der Waals surface area contributed by atoms with Crippen LogP contribution in [0.15, 0.2) is 0 Å². The maximum Gasteiger partial charge on any atom is 0.303 e. The molecule has 0 aromatic heterocycles. The maximum atomic E-state index is 11.6. The number of rotatable bonds is 7. The summed E-state index contributed by atoms with van der Waals surface area (Å²) in [5, 5.41) is 11.6. The van der Waals surface area contributed by atoms with Gasteiger partial charge in [0.2, 0.25) is 5.91 Å². The summed E-state index contributed by atoms with van der Waals surface area (Å²) < 4.78 is 0. The third-order valence-corrected chi connectivity index (χ3v) is 3.06. The van der Waals surface area contributed by atoms with Crippen LogP contribution in [0.1, 0.15) is 39.5 Å². The van der Waals surface area contributed by atoms with Crippen molar-refractivity contribution in [3.05, 3.63) is 0 Å². The van der Waals surface area contributed by atoms with E-state index in [4.69, 9.17) is 10.8 Å². The van der Waals surface area contributed by atoms with Crippen LogP contribution in [0, 0.1) is 11.8 Å². The van der Waals surface area contributed by atoms with Gasteiger partial charge in [-0.1, -0.05) is 13.8 Å². The third kappa shape index (κ3) is 4.73. The van der Waals surface area contributed by atoms with E-state index in [1.165, 1.54) is 0 Å². The van der Waals surface area contributed by atoms with Crippen molar-refractivity contribution in [2.45, 2.75) is 45.1 Å². The van der Waals surface area contributed by atoms with Crippen LogP contribution in [0.5, 0.6) is 0 Å². The quantitative estimate of drug-likeness (QED) is 0.613. The molecule has 0 aromatic carbocycles. The Kier molecular flexibility index (Phi) is 4.51. The van der Waals surface area contributed by atoms with Gasteiger partial charge in [0.05, 0.1) is 5.54 Å². The topological polar surface area (TPSA) is 92.4 Å². The molecular weight excluding hydrogens is 220 g/mol. The standard InChI is InChI=1S/C12H22N2O3/c1-8(2)5-9(6-10(15)16)7-14-11(17)12(13)3-4-12/h8-9H,3-7,13H2,1-2H3,(H,14,17)(H,15,16)/t9-/m0/s1. The molecule has 0 heterocycles. The minimum atomic E-state index is -0.821. The van der Waals surface area contributed by atoms with Crippen LogP contribution >= 0.6 is 0 Å². The first-order valence-corrected chi connectivity index (χ1v) is 6.12. The van der Waals surface area contributed by atoms with Crippen molar-refractivity contribution in [2.75, 3.05) is 6.54 Å². The van der Waals surface area contributed by atoms with Gasteiger partial charge in [0.25, 0.3) is 0 Å². The lowest BCUT2D eigenvalue weighted by molar-refractivity contribution is -0.138. The van der Waals surface area contributed by atoms with Crippen molar-refractivity contribution in [1.82, 2.24) is 5.32 Å². The van der Waals surface area contributed by atoms with Crippen molar-refractivity contribution in [3.63, 3.8) is 0 Å². The lowest BCUT2D eigenvalue weighted by atomic mass is 9.94. The van der Waals surface area contributed by atoms with Crippen molar-refractivity contribution in [3.8, 4) is 0 Å². The number of hydrogen-bond donors (Lipinski definition) is 3. The summed E-state index contributed by atoms with van der Waals surface area (Å²) in [6.45, 7) is 4.49. The summed E-state index contributed by atoms with van der Waals surface area (Å²) in [7, 11) is 0. The molecule has 0 aromatic rings. The number of carboxylic acids is 1. The molecule has 5 heteroatoms. The molecule has 1 amide bonds. The average Bonchev–Trinajstić information content (AvgIpc) is 2.92. The number of aliphatic carboxylic acids is 1. The molecule has 1 saturated carbocycles. The van der Waals surface area contributed by atoms with Gasteiger partial charge in [0.1, 0.15) is 0 Å². The Bertz CT molecular complexity index is 298. The van der Waals surface area contributed by atoms with Gasteiger partial charge >= 0.3 is 5.97 Å². The Morgan fingerprint density at radius 3 is 2.41 bits per heavy atom. The van der Waals surface area contributed by atoms with E-state index in [9.17, 15) is 9.59 Å². The molecule has 1 rings (SSSR count). The molecule has 4 N–H and O–H groups in total. The zero-order chi connectivity index (χ0) is 13.1. The summed E-state index contributed by atoms with van der Waals surface area (Å²) in [5.74, 6) is -0.557. The van der Waals surface area contributed by atoms with Gasteiger partial charge in [-0.2, -0.15) is 0 Å². The van der Waals surface area contributed by atoms with Crippen LogP contribution in [0.3, 0.4) is 0 Å². The second-order valence-corrected chi connectivity index (χ2v) is 5.46. The molecule has 0 unspecified atom stereocenters. The van der Waals surface area contributed by atoms with Crippen LogP contribution in [-0.2, 0) is 9.59 Å². The number of nitrogens with two attached hydrogens (primary N) is 1. The van der Waals surface area contributed by atoms with Gasteiger partial charge in [-0.15, -0.1) is 0 Å². The van der Waals surface area contributed by atoms with E-state index in [1.54, 1.807) is 0 Å². The Labute approximate surface area is 102 Å². The van der Waals surface area contributed by atoms with E-state index in [0.29, 0.717) is 12.5 Å².